The lowest BCUT2D eigenvalue weighted by atomic mass is 10.2. The minimum absolute atomic E-state index is 0.167. The summed E-state index contributed by atoms with van der Waals surface area (Å²) in [5, 5.41) is 0. The molecule has 2 nitrogen and oxygen atoms in total. The van der Waals surface area contributed by atoms with Crippen LogP contribution in [-0.2, 0) is 9.59 Å². The van der Waals surface area contributed by atoms with Gasteiger partial charge in [0.25, 0.3) is 0 Å². The molecule has 0 saturated carbocycles. The molecule has 0 N–H and O–H groups in total. The summed E-state index contributed by atoms with van der Waals surface area (Å²) < 4.78 is 0. The monoisotopic (exact) mass is 288 g/mol. The van der Waals surface area contributed by atoms with Gasteiger partial charge < -0.3 is 9.59 Å². The van der Waals surface area contributed by atoms with E-state index in [1.54, 1.807) is 0 Å². The van der Waals surface area contributed by atoms with E-state index in [2.05, 4.69) is 27.7 Å². The Morgan fingerprint density at radius 3 is 0.650 bits per heavy atom. The number of hydrogen-bond acceptors (Lipinski definition) is 2. The summed E-state index contributed by atoms with van der Waals surface area (Å²) in [7, 11) is 0. The molecule has 0 aromatic carbocycles. The molecule has 0 aliphatic rings. The van der Waals surface area contributed by atoms with Crippen molar-refractivity contribution in [3.8, 4) is 0 Å². The van der Waals surface area contributed by atoms with Crippen LogP contribution in [0.4, 0.5) is 0 Å². The molecule has 0 amide bonds. The highest BCUT2D eigenvalue weighted by Crippen LogP contribution is 1.95. The molecule has 2 heteroatoms. The van der Waals surface area contributed by atoms with Gasteiger partial charge in [-0.2, -0.15) is 0 Å². The smallest absolute Gasteiger partial charge is 0.126 e. The molecule has 0 heterocycles. The number of carbonyl (C=O) groups is 2. The van der Waals surface area contributed by atoms with Gasteiger partial charge in [-0.15, -0.1) is 0 Å². The number of ketones is 2. The number of rotatable bonds is 6. The zero-order chi connectivity index (χ0) is 16.8. The van der Waals surface area contributed by atoms with Gasteiger partial charge in [-0.1, -0.05) is 79.1 Å². The fourth-order valence-corrected chi connectivity index (χ4v) is 1.000. The molecule has 0 spiro atoms. The van der Waals surface area contributed by atoms with Crippen molar-refractivity contribution in [3.05, 3.63) is 0 Å². The van der Waals surface area contributed by atoms with E-state index < -0.39 is 0 Å². The first-order chi connectivity index (χ1) is 9.29. The zero-order valence-electron chi connectivity index (χ0n) is 15.5. The molecule has 124 valence electrons. The van der Waals surface area contributed by atoms with Gasteiger partial charge in [-0.3, -0.25) is 0 Å². The number of carbonyl (C=O) groups excluding carboxylic acids is 2. The van der Waals surface area contributed by atoms with E-state index in [9.17, 15) is 9.59 Å². The summed E-state index contributed by atoms with van der Waals surface area (Å²) in [6.45, 7) is 15.0. The second-order valence-corrected chi connectivity index (χ2v) is 5.23. The maximum absolute atomic E-state index is 9.44. The fourth-order valence-electron chi connectivity index (χ4n) is 1.000. The van der Waals surface area contributed by atoms with Crippen molar-refractivity contribution in [3.63, 3.8) is 0 Å². The molecule has 0 rings (SSSR count). The third-order valence-electron chi connectivity index (χ3n) is 1.91. The molecule has 0 aliphatic carbocycles. The first-order valence-electron chi connectivity index (χ1n) is 8.24. The SMILES string of the molecule is CC(C)=O.CC(C)=O.CCCCCC.CCCCCC. The summed E-state index contributed by atoms with van der Waals surface area (Å²) in [6, 6.07) is 0. The number of Topliss-reactive ketones (excluding diaryl/α,β-unsaturated/α-hetero) is 2. The summed E-state index contributed by atoms with van der Waals surface area (Å²) in [5.41, 5.74) is 0. The summed E-state index contributed by atoms with van der Waals surface area (Å²) in [4.78, 5) is 18.9. The van der Waals surface area contributed by atoms with E-state index in [-0.39, 0.29) is 11.6 Å². The molecular formula is C18H40O2. The molecule has 0 radical (unpaired) electrons. The highest BCUT2D eigenvalue weighted by atomic mass is 16.1. The Bertz CT molecular complexity index is 138. The summed E-state index contributed by atoms with van der Waals surface area (Å²) in [5.74, 6) is 0.333. The number of unbranched alkanes of at least 4 members (excludes halogenated alkanes) is 6. The van der Waals surface area contributed by atoms with E-state index in [4.69, 9.17) is 0 Å². The molecule has 20 heavy (non-hydrogen) atoms. The van der Waals surface area contributed by atoms with Crippen molar-refractivity contribution in [2.45, 2.75) is 107 Å². The van der Waals surface area contributed by atoms with E-state index in [0.717, 1.165) is 0 Å². The van der Waals surface area contributed by atoms with Crippen LogP contribution >= 0.6 is 0 Å². The molecular weight excluding hydrogens is 248 g/mol. The third kappa shape index (κ3) is 162. The van der Waals surface area contributed by atoms with Crippen LogP contribution < -0.4 is 0 Å². The molecule has 0 aromatic rings. The van der Waals surface area contributed by atoms with Gasteiger partial charge in [0.2, 0.25) is 0 Å². The lowest BCUT2D eigenvalue weighted by molar-refractivity contribution is -0.115. The fraction of sp³-hybridized carbons (Fsp3) is 0.889. The van der Waals surface area contributed by atoms with Crippen LogP contribution in [0.5, 0.6) is 0 Å². The van der Waals surface area contributed by atoms with Gasteiger partial charge in [-0.05, 0) is 27.7 Å². The average molecular weight is 289 g/mol. The van der Waals surface area contributed by atoms with E-state index in [0.29, 0.717) is 0 Å². The van der Waals surface area contributed by atoms with Gasteiger partial charge in [0, 0.05) is 0 Å². The molecule has 0 aromatic heterocycles. The highest BCUT2D eigenvalue weighted by molar-refractivity contribution is 5.72. The minimum atomic E-state index is 0.167. The van der Waals surface area contributed by atoms with Crippen molar-refractivity contribution >= 4 is 11.6 Å². The first kappa shape index (κ1) is 27.6. The highest BCUT2D eigenvalue weighted by Gasteiger charge is 1.75. The van der Waals surface area contributed by atoms with Gasteiger partial charge in [0.15, 0.2) is 0 Å². The largest absolute Gasteiger partial charge is 0.300 e. The molecule has 0 atom stereocenters. The van der Waals surface area contributed by atoms with Crippen molar-refractivity contribution < 1.29 is 9.59 Å². The first-order valence-corrected chi connectivity index (χ1v) is 8.24. The van der Waals surface area contributed by atoms with Crippen molar-refractivity contribution in [1.82, 2.24) is 0 Å². The van der Waals surface area contributed by atoms with Crippen molar-refractivity contribution in [1.29, 1.82) is 0 Å². The van der Waals surface area contributed by atoms with Crippen LogP contribution in [0.25, 0.3) is 0 Å². The zero-order valence-corrected chi connectivity index (χ0v) is 15.5. The lowest BCUT2D eigenvalue weighted by Crippen LogP contribution is -1.69. The van der Waals surface area contributed by atoms with Crippen LogP contribution in [0.15, 0.2) is 0 Å². The average Bonchev–Trinajstić information content (AvgIpc) is 2.33. The van der Waals surface area contributed by atoms with Gasteiger partial charge in [-0.25, -0.2) is 0 Å². The standard InChI is InChI=1S/2C6H14.2C3H6O/c2*1-3-5-6-4-2;2*1-3(2)4/h2*3-6H2,1-2H3;2*1-2H3. The molecule has 0 saturated heterocycles. The van der Waals surface area contributed by atoms with Crippen LogP contribution in [0.3, 0.4) is 0 Å². The number of hydrogen-bond donors (Lipinski definition) is 0. The molecule has 0 aliphatic heterocycles. The van der Waals surface area contributed by atoms with Gasteiger partial charge >= 0.3 is 0 Å². The maximum Gasteiger partial charge on any atom is 0.126 e. The Kier molecular flexibility index (Phi) is 42.8. The van der Waals surface area contributed by atoms with Crippen LogP contribution in [0.2, 0.25) is 0 Å². The van der Waals surface area contributed by atoms with E-state index in [1.807, 2.05) is 0 Å². The predicted octanol–water partition coefficient (Wildman–Crippen LogP) is 6.36. The van der Waals surface area contributed by atoms with Gasteiger partial charge in [0.1, 0.15) is 11.6 Å². The van der Waals surface area contributed by atoms with E-state index >= 15 is 0 Å². The second-order valence-electron chi connectivity index (χ2n) is 5.23. The minimum Gasteiger partial charge on any atom is -0.300 e. The predicted molar refractivity (Wildman–Crippen MR) is 92.3 cm³/mol. The van der Waals surface area contributed by atoms with Gasteiger partial charge in [0.05, 0.1) is 0 Å². The molecule has 0 fully saturated rings. The quantitative estimate of drug-likeness (QED) is 0.532. The molecule has 0 bridgehead atoms. The lowest BCUT2D eigenvalue weighted by Gasteiger charge is -1.86. The van der Waals surface area contributed by atoms with Crippen LogP contribution in [-0.4, -0.2) is 11.6 Å². The van der Waals surface area contributed by atoms with Crippen LogP contribution in [0, 0.1) is 0 Å². The normalized spacial score (nSPS) is 8.00. The topological polar surface area (TPSA) is 34.1 Å². The second kappa shape index (κ2) is 31.0. The van der Waals surface area contributed by atoms with E-state index in [1.165, 1.54) is 79.1 Å². The third-order valence-corrected chi connectivity index (χ3v) is 1.91. The Balaban J connectivity index is -0.0000000871. The molecule has 0 unspecified atom stereocenters. The Morgan fingerprint density at radius 2 is 0.600 bits per heavy atom. The maximum atomic E-state index is 9.44. The summed E-state index contributed by atoms with van der Waals surface area (Å²) >= 11 is 0. The Morgan fingerprint density at radius 1 is 0.500 bits per heavy atom. The van der Waals surface area contributed by atoms with Crippen molar-refractivity contribution in [2.24, 2.45) is 0 Å². The Labute approximate surface area is 128 Å². The summed E-state index contributed by atoms with van der Waals surface area (Å²) in [6.07, 6.45) is 11.1. The Hall–Kier alpha value is -0.660. The van der Waals surface area contributed by atoms with Crippen molar-refractivity contribution in [2.75, 3.05) is 0 Å². The van der Waals surface area contributed by atoms with Crippen LogP contribution in [0.1, 0.15) is 107 Å².